The fraction of sp³-hybridized carbons (Fsp3) is 0.571. The molecule has 4 rings (SSSR count). The van der Waals surface area contributed by atoms with Crippen molar-refractivity contribution in [1.82, 2.24) is 4.90 Å². The monoisotopic (exact) mass is 578 g/mol. The van der Waals surface area contributed by atoms with Crippen LogP contribution < -0.4 is 5.32 Å². The van der Waals surface area contributed by atoms with Crippen molar-refractivity contribution in [3.63, 3.8) is 0 Å². The van der Waals surface area contributed by atoms with Crippen LogP contribution >= 0.6 is 55.1 Å². The van der Waals surface area contributed by atoms with Crippen molar-refractivity contribution in [2.75, 3.05) is 11.9 Å². The zero-order valence-corrected chi connectivity index (χ0v) is 20.8. The Kier molecular flexibility index (Phi) is 6.83. The Balaban J connectivity index is 1.21. The smallest absolute Gasteiger partial charge is 0.233 e. The van der Waals surface area contributed by atoms with Crippen molar-refractivity contribution in [3.05, 3.63) is 28.2 Å². The van der Waals surface area contributed by atoms with E-state index in [4.69, 9.17) is 23.2 Å². The van der Waals surface area contributed by atoms with Crippen LogP contribution in [0.15, 0.2) is 18.2 Å². The first-order chi connectivity index (χ1) is 14.3. The van der Waals surface area contributed by atoms with Crippen molar-refractivity contribution in [1.29, 1.82) is 0 Å². The predicted molar refractivity (Wildman–Crippen MR) is 124 cm³/mol. The molecular formula is C21H22Br2Cl2N2O3. The van der Waals surface area contributed by atoms with Crippen LogP contribution in [0.25, 0.3) is 0 Å². The molecule has 30 heavy (non-hydrogen) atoms. The summed E-state index contributed by atoms with van der Waals surface area (Å²) >= 11 is 19.3. The van der Waals surface area contributed by atoms with Gasteiger partial charge in [-0.15, -0.1) is 0 Å². The zero-order chi connectivity index (χ0) is 21.6. The van der Waals surface area contributed by atoms with E-state index in [0.29, 0.717) is 41.5 Å². The third-order valence-electron chi connectivity index (χ3n) is 6.57. The molecule has 6 atom stereocenters. The quantitative estimate of drug-likeness (QED) is 0.271. The van der Waals surface area contributed by atoms with Gasteiger partial charge < -0.3 is 5.32 Å². The molecule has 3 aliphatic rings. The Morgan fingerprint density at radius 2 is 1.67 bits per heavy atom. The predicted octanol–water partition coefficient (Wildman–Crippen LogP) is 5.27. The second-order valence-electron chi connectivity index (χ2n) is 8.31. The number of imide groups is 1. The number of hydrogen-bond acceptors (Lipinski definition) is 3. The summed E-state index contributed by atoms with van der Waals surface area (Å²) in [5.74, 6) is 0.0490. The van der Waals surface area contributed by atoms with Crippen LogP contribution in [-0.2, 0) is 14.4 Å². The van der Waals surface area contributed by atoms with Gasteiger partial charge in [0.25, 0.3) is 0 Å². The summed E-state index contributed by atoms with van der Waals surface area (Å²) in [5, 5.41) is 3.69. The Bertz CT molecular complexity index is 852. The third-order valence-corrected chi connectivity index (χ3v) is 10.3. The molecule has 0 aromatic heterocycles. The molecule has 1 heterocycles. The molecule has 2 saturated carbocycles. The highest BCUT2D eigenvalue weighted by Crippen LogP contribution is 2.60. The molecule has 2 bridgehead atoms. The van der Waals surface area contributed by atoms with Gasteiger partial charge in [-0.3, -0.25) is 19.3 Å². The van der Waals surface area contributed by atoms with E-state index in [9.17, 15) is 14.4 Å². The molecule has 162 valence electrons. The highest BCUT2D eigenvalue weighted by molar-refractivity contribution is 9.12. The summed E-state index contributed by atoms with van der Waals surface area (Å²) in [5.41, 5.74) is 0.538. The van der Waals surface area contributed by atoms with Gasteiger partial charge in [-0.05, 0) is 49.3 Å². The molecular weight excluding hydrogens is 559 g/mol. The van der Waals surface area contributed by atoms with Crippen LogP contribution in [-0.4, -0.2) is 38.8 Å². The largest absolute Gasteiger partial charge is 0.325 e. The highest BCUT2D eigenvalue weighted by atomic mass is 79.9. The molecule has 0 spiro atoms. The second-order valence-corrected chi connectivity index (χ2v) is 11.3. The minimum Gasteiger partial charge on any atom is -0.325 e. The average Bonchev–Trinajstić information content (AvgIpc) is 3.30. The number of benzene rings is 1. The van der Waals surface area contributed by atoms with Gasteiger partial charge in [0.2, 0.25) is 17.7 Å². The first-order valence-corrected chi connectivity index (χ1v) is 12.8. The fourth-order valence-corrected chi connectivity index (χ4v) is 7.50. The first kappa shape index (κ1) is 22.6. The molecule has 3 amide bonds. The van der Waals surface area contributed by atoms with Crippen LogP contribution in [0.1, 0.15) is 32.1 Å². The molecule has 5 nitrogen and oxygen atoms in total. The summed E-state index contributed by atoms with van der Waals surface area (Å²) in [6.45, 7) is 0.439. The van der Waals surface area contributed by atoms with E-state index in [2.05, 4.69) is 37.2 Å². The number of halogens is 4. The average molecular weight is 581 g/mol. The Morgan fingerprint density at radius 3 is 2.27 bits per heavy atom. The number of carbonyl (C=O) groups is 3. The van der Waals surface area contributed by atoms with Gasteiger partial charge in [0.15, 0.2) is 0 Å². The number of likely N-dealkylation sites (tertiary alicyclic amines) is 1. The summed E-state index contributed by atoms with van der Waals surface area (Å²) < 4.78 is 0. The highest BCUT2D eigenvalue weighted by Gasteiger charge is 2.66. The van der Waals surface area contributed by atoms with Crippen LogP contribution in [0.4, 0.5) is 5.69 Å². The molecule has 0 radical (unpaired) electrons. The van der Waals surface area contributed by atoms with Gasteiger partial charge in [0.05, 0.1) is 22.5 Å². The van der Waals surface area contributed by atoms with Gasteiger partial charge in [0, 0.05) is 27.6 Å². The number of alkyl halides is 2. The van der Waals surface area contributed by atoms with E-state index in [1.54, 1.807) is 18.2 Å². The molecule has 1 N–H and O–H groups in total. The number of carbonyl (C=O) groups excluding carboxylic acids is 3. The Labute approximate surface area is 202 Å². The number of rotatable bonds is 7. The lowest BCUT2D eigenvalue weighted by Gasteiger charge is -2.28. The number of unbranched alkanes of at least 4 members (excludes halogenated alkanes) is 2. The van der Waals surface area contributed by atoms with Crippen molar-refractivity contribution in [2.45, 2.75) is 41.8 Å². The summed E-state index contributed by atoms with van der Waals surface area (Å²) in [4.78, 5) is 39.8. The van der Waals surface area contributed by atoms with Crippen LogP contribution in [0.2, 0.25) is 10.0 Å². The summed E-state index contributed by atoms with van der Waals surface area (Å²) in [6.07, 6.45) is 3.45. The standard InChI is InChI=1S/C21H22Br2Cl2N2O3/c22-18-11-9-12(19(18)23)17-16(11)20(29)27(21(17)30)7-3-1-2-4-15(28)26-14-6-5-10(24)8-13(14)25/h5-6,8,11-12,16-19H,1-4,7,9H2,(H,26,28)/t11-,12-,16-,17-,18-,19+/m1/s1. The molecule has 0 unspecified atom stereocenters. The number of nitrogens with zero attached hydrogens (tertiary/aromatic N) is 1. The molecule has 1 aromatic carbocycles. The lowest BCUT2D eigenvalue weighted by atomic mass is 9.81. The topological polar surface area (TPSA) is 66.5 Å². The molecule has 1 saturated heterocycles. The molecule has 3 fully saturated rings. The van der Waals surface area contributed by atoms with E-state index in [0.717, 1.165) is 12.8 Å². The zero-order valence-electron chi connectivity index (χ0n) is 16.1. The minimum absolute atomic E-state index is 0.00327. The van der Waals surface area contributed by atoms with Gasteiger partial charge in [-0.2, -0.15) is 0 Å². The number of fused-ring (bicyclic) bond motifs is 5. The van der Waals surface area contributed by atoms with Crippen molar-refractivity contribution in [3.8, 4) is 0 Å². The van der Waals surface area contributed by atoms with Gasteiger partial charge in [-0.25, -0.2) is 0 Å². The van der Waals surface area contributed by atoms with Crippen LogP contribution in [0.5, 0.6) is 0 Å². The summed E-state index contributed by atoms with van der Waals surface area (Å²) in [7, 11) is 0. The number of nitrogens with one attached hydrogen (secondary N) is 1. The Hall–Kier alpha value is -0.630. The van der Waals surface area contributed by atoms with Gasteiger partial charge >= 0.3 is 0 Å². The van der Waals surface area contributed by atoms with E-state index in [1.807, 2.05) is 0 Å². The second kappa shape index (κ2) is 9.08. The molecule has 1 aromatic rings. The lowest BCUT2D eigenvalue weighted by Crippen LogP contribution is -2.37. The minimum atomic E-state index is -0.157. The van der Waals surface area contributed by atoms with E-state index < -0.39 is 0 Å². The molecule has 1 aliphatic heterocycles. The van der Waals surface area contributed by atoms with Crippen LogP contribution in [0.3, 0.4) is 0 Å². The summed E-state index contributed by atoms with van der Waals surface area (Å²) in [6, 6.07) is 4.93. The molecule has 2 aliphatic carbocycles. The van der Waals surface area contributed by atoms with E-state index >= 15 is 0 Å². The van der Waals surface area contributed by atoms with Gasteiger partial charge in [0.1, 0.15) is 0 Å². The normalized spacial score (nSPS) is 32.1. The Morgan fingerprint density at radius 1 is 1.03 bits per heavy atom. The fourth-order valence-electron chi connectivity index (χ4n) is 5.17. The maximum atomic E-state index is 12.9. The SMILES string of the molecule is O=C(CCCCCN1C(=O)[C@@H]2[C@H]3C[C@@H]([C@@H](Br)[C@H]3Br)[C@H]2C1=O)Nc1ccc(Cl)cc1Cl. The third kappa shape index (κ3) is 4.07. The maximum Gasteiger partial charge on any atom is 0.233 e. The number of amides is 3. The van der Waals surface area contributed by atoms with Crippen LogP contribution in [0, 0.1) is 23.7 Å². The lowest BCUT2D eigenvalue weighted by molar-refractivity contribution is -0.140. The van der Waals surface area contributed by atoms with Crippen molar-refractivity contribution in [2.24, 2.45) is 23.7 Å². The van der Waals surface area contributed by atoms with Crippen molar-refractivity contribution < 1.29 is 14.4 Å². The van der Waals surface area contributed by atoms with Crippen molar-refractivity contribution >= 4 is 78.5 Å². The first-order valence-electron chi connectivity index (χ1n) is 10.2. The maximum absolute atomic E-state index is 12.9. The number of hydrogen-bond donors (Lipinski definition) is 1. The van der Waals surface area contributed by atoms with E-state index in [1.165, 1.54) is 4.90 Å². The molecule has 9 heteroatoms. The number of anilines is 1. The van der Waals surface area contributed by atoms with E-state index in [-0.39, 0.29) is 51.0 Å². The van der Waals surface area contributed by atoms with Gasteiger partial charge in [-0.1, -0.05) is 61.5 Å².